The number of sulfonamides is 1. The molecule has 1 aliphatic rings. The predicted molar refractivity (Wildman–Crippen MR) is 138 cm³/mol. The molecule has 12 nitrogen and oxygen atoms in total. The van der Waals surface area contributed by atoms with E-state index in [1.165, 1.54) is 36.2 Å². The number of likely N-dealkylation sites (tertiary alicyclic amines) is 1. The summed E-state index contributed by atoms with van der Waals surface area (Å²) in [7, 11) is -6.09. The number of amides is 2. The summed E-state index contributed by atoms with van der Waals surface area (Å²) in [5.74, 6) is -0.633. The second kappa shape index (κ2) is 10.6. The van der Waals surface area contributed by atoms with Crippen LogP contribution in [0.15, 0.2) is 41.4 Å². The minimum Gasteiger partial charge on any atom is -0.444 e. The number of sulfone groups is 1. The molecule has 2 amide bonds. The number of carbonyl (C=O) groups excluding carboxylic acids is 2. The zero-order chi connectivity index (χ0) is 27.6. The van der Waals surface area contributed by atoms with Gasteiger partial charge in [0, 0.05) is 20.1 Å². The number of aromatic nitrogens is 2. The Labute approximate surface area is 217 Å². The Morgan fingerprint density at radius 3 is 2.19 bits per heavy atom. The van der Waals surface area contributed by atoms with Crippen LogP contribution in [0.2, 0.25) is 0 Å². The third-order valence-corrected chi connectivity index (χ3v) is 9.03. The van der Waals surface area contributed by atoms with Crippen molar-refractivity contribution in [1.82, 2.24) is 15.1 Å². The quantitative estimate of drug-likeness (QED) is 0.567. The summed E-state index contributed by atoms with van der Waals surface area (Å²) in [6.45, 7) is 5.77. The van der Waals surface area contributed by atoms with Crippen molar-refractivity contribution in [2.75, 3.05) is 36.0 Å². The van der Waals surface area contributed by atoms with Crippen LogP contribution < -0.4 is 9.62 Å². The first kappa shape index (κ1) is 28.3. The number of hydrogen-bond donors (Lipinski definition) is 1. The van der Waals surface area contributed by atoms with Crippen molar-refractivity contribution in [1.29, 1.82) is 0 Å². The van der Waals surface area contributed by atoms with Crippen LogP contribution in [-0.4, -0.2) is 81.2 Å². The summed E-state index contributed by atoms with van der Waals surface area (Å²) < 4.78 is 56.3. The topological polar surface area (TPSA) is 156 Å². The van der Waals surface area contributed by atoms with E-state index in [1.54, 1.807) is 32.9 Å². The van der Waals surface area contributed by atoms with E-state index >= 15 is 0 Å². The molecule has 2 heterocycles. The number of ether oxygens (including phenoxy) is 1. The molecule has 37 heavy (non-hydrogen) atoms. The van der Waals surface area contributed by atoms with Crippen LogP contribution in [-0.2, 0) is 24.6 Å². The van der Waals surface area contributed by atoms with Gasteiger partial charge in [0.15, 0.2) is 20.7 Å². The van der Waals surface area contributed by atoms with Gasteiger partial charge in [0.2, 0.25) is 10.0 Å². The molecule has 0 atom stereocenters. The normalized spacial score (nSPS) is 15.2. The van der Waals surface area contributed by atoms with Crippen molar-refractivity contribution in [3.63, 3.8) is 0 Å². The molecule has 2 aromatic rings. The fraction of sp³-hybridized carbons (Fsp3) is 0.478. The molecule has 1 aromatic carbocycles. The minimum atomic E-state index is -3.82. The molecule has 0 saturated carbocycles. The molecule has 0 aliphatic carbocycles. The number of hydrogen-bond acceptors (Lipinski definition) is 9. The second-order valence-corrected chi connectivity index (χ2v) is 13.9. The third-order valence-electron chi connectivity index (χ3n) is 5.69. The Morgan fingerprint density at radius 2 is 1.65 bits per heavy atom. The highest BCUT2D eigenvalue weighted by molar-refractivity contribution is 7.92. The fourth-order valence-corrected chi connectivity index (χ4v) is 5.79. The van der Waals surface area contributed by atoms with Gasteiger partial charge < -0.3 is 15.0 Å². The Kier molecular flexibility index (Phi) is 8.12. The van der Waals surface area contributed by atoms with Crippen molar-refractivity contribution in [2.24, 2.45) is 0 Å². The van der Waals surface area contributed by atoms with Crippen molar-refractivity contribution in [3.8, 4) is 0 Å². The average molecular weight is 554 g/mol. The summed E-state index contributed by atoms with van der Waals surface area (Å²) in [6.07, 6.45) is 1.000. The highest BCUT2D eigenvalue weighted by Gasteiger charge is 2.35. The zero-order valence-corrected chi connectivity index (χ0v) is 23.0. The van der Waals surface area contributed by atoms with Crippen LogP contribution in [0.5, 0.6) is 0 Å². The second-order valence-electron chi connectivity index (χ2n) is 9.67. The molecule has 0 bridgehead atoms. The summed E-state index contributed by atoms with van der Waals surface area (Å²) in [5.41, 5.74) is -0.378. The molecule has 14 heteroatoms. The van der Waals surface area contributed by atoms with Gasteiger partial charge >= 0.3 is 6.09 Å². The van der Waals surface area contributed by atoms with Crippen LogP contribution in [0.4, 0.5) is 16.3 Å². The maximum Gasteiger partial charge on any atom is 0.410 e. The van der Waals surface area contributed by atoms with E-state index in [0.29, 0.717) is 0 Å². The van der Waals surface area contributed by atoms with Gasteiger partial charge in [-0.15, -0.1) is 10.2 Å². The Bertz CT molecular complexity index is 1360. The van der Waals surface area contributed by atoms with Gasteiger partial charge in [0.1, 0.15) is 5.60 Å². The monoisotopic (exact) mass is 553 g/mol. The number of nitrogens with zero attached hydrogens (tertiary/aromatic N) is 4. The first-order chi connectivity index (χ1) is 17.1. The third kappa shape index (κ3) is 6.95. The van der Waals surface area contributed by atoms with Gasteiger partial charge in [-0.25, -0.2) is 21.6 Å². The van der Waals surface area contributed by atoms with Gasteiger partial charge in [0.25, 0.3) is 5.91 Å². The van der Waals surface area contributed by atoms with Gasteiger partial charge in [-0.05, 0) is 57.9 Å². The van der Waals surface area contributed by atoms with E-state index in [2.05, 4.69) is 15.5 Å². The summed E-state index contributed by atoms with van der Waals surface area (Å²) >= 11 is 0. The van der Waals surface area contributed by atoms with Crippen molar-refractivity contribution < 1.29 is 31.2 Å². The van der Waals surface area contributed by atoms with Crippen molar-refractivity contribution >= 4 is 43.4 Å². The highest BCUT2D eigenvalue weighted by Crippen LogP contribution is 2.26. The van der Waals surface area contributed by atoms with Gasteiger partial charge in [-0.2, -0.15) is 0 Å². The fourth-order valence-electron chi connectivity index (χ4n) is 3.69. The number of piperidine rings is 1. The van der Waals surface area contributed by atoms with E-state index in [0.717, 1.165) is 10.6 Å². The van der Waals surface area contributed by atoms with E-state index in [9.17, 15) is 26.4 Å². The Hall–Kier alpha value is -3.26. The van der Waals surface area contributed by atoms with Crippen LogP contribution in [0, 0.1) is 0 Å². The Balaban J connectivity index is 1.68. The number of anilines is 2. The summed E-state index contributed by atoms with van der Waals surface area (Å²) in [5, 5.41) is 9.18. The van der Waals surface area contributed by atoms with E-state index in [1.807, 2.05) is 0 Å². The lowest BCUT2D eigenvalue weighted by Crippen LogP contribution is -2.44. The van der Waals surface area contributed by atoms with Crippen LogP contribution in [0.25, 0.3) is 0 Å². The lowest BCUT2D eigenvalue weighted by Gasteiger charge is -2.33. The van der Waals surface area contributed by atoms with Gasteiger partial charge in [-0.3, -0.25) is 9.10 Å². The van der Waals surface area contributed by atoms with Crippen LogP contribution in [0.3, 0.4) is 0 Å². The molecule has 0 spiro atoms. The molecule has 0 radical (unpaired) electrons. The predicted octanol–water partition coefficient (Wildman–Crippen LogP) is 2.30. The SMILES string of the molecule is CN(c1ccccc1C(=O)Nc1ccc(S(=O)(=O)C2CCN(C(=O)OC(C)(C)C)CC2)nn1)S(C)(=O)=O. The molecule has 1 fully saturated rings. The Morgan fingerprint density at radius 1 is 1.03 bits per heavy atom. The standard InChI is InChI=1S/C23H31N5O7S2/c1-23(2,3)35-22(30)28-14-12-16(13-15-28)37(33,34)20-11-10-19(25-26-20)24-21(29)17-8-6-7-9-18(17)27(4)36(5,31)32/h6-11,16H,12-15H2,1-5H3,(H,24,25,29). The average Bonchev–Trinajstić information content (AvgIpc) is 2.82. The smallest absolute Gasteiger partial charge is 0.410 e. The molecular formula is C23H31N5O7S2. The first-order valence-electron chi connectivity index (χ1n) is 11.5. The zero-order valence-electron chi connectivity index (χ0n) is 21.3. The number of benzene rings is 1. The number of para-hydroxylation sites is 1. The molecule has 1 aromatic heterocycles. The molecule has 1 saturated heterocycles. The van der Waals surface area contributed by atoms with Crippen LogP contribution >= 0.6 is 0 Å². The highest BCUT2D eigenvalue weighted by atomic mass is 32.2. The molecule has 202 valence electrons. The number of rotatable bonds is 6. The molecule has 1 N–H and O–H groups in total. The number of nitrogens with one attached hydrogen (secondary N) is 1. The van der Waals surface area contributed by atoms with E-state index in [-0.39, 0.29) is 48.0 Å². The molecule has 1 aliphatic heterocycles. The van der Waals surface area contributed by atoms with Crippen LogP contribution in [0.1, 0.15) is 44.0 Å². The first-order valence-corrected chi connectivity index (χ1v) is 14.9. The van der Waals surface area contributed by atoms with E-state index in [4.69, 9.17) is 4.74 Å². The maximum atomic E-state index is 13.1. The van der Waals surface area contributed by atoms with Gasteiger partial charge in [0.05, 0.1) is 22.8 Å². The molecule has 3 rings (SSSR count). The number of carbonyl (C=O) groups is 2. The van der Waals surface area contributed by atoms with Gasteiger partial charge in [-0.1, -0.05) is 12.1 Å². The van der Waals surface area contributed by atoms with Crippen molar-refractivity contribution in [2.45, 2.75) is 49.5 Å². The molecular weight excluding hydrogens is 522 g/mol. The lowest BCUT2D eigenvalue weighted by molar-refractivity contribution is 0.0217. The van der Waals surface area contributed by atoms with E-state index < -0.39 is 42.7 Å². The van der Waals surface area contributed by atoms with Crippen molar-refractivity contribution in [3.05, 3.63) is 42.0 Å². The summed E-state index contributed by atoms with van der Waals surface area (Å²) in [6, 6.07) is 8.71. The largest absolute Gasteiger partial charge is 0.444 e. The maximum absolute atomic E-state index is 13.1. The minimum absolute atomic E-state index is 0.000469. The summed E-state index contributed by atoms with van der Waals surface area (Å²) in [4.78, 5) is 26.5. The lowest BCUT2D eigenvalue weighted by atomic mass is 10.1. The molecule has 0 unspecified atom stereocenters.